The van der Waals surface area contributed by atoms with Crippen molar-refractivity contribution in [2.45, 2.75) is 310 Å². The Labute approximate surface area is 321 Å². The van der Waals surface area contributed by atoms with E-state index in [9.17, 15) is 0 Å². The summed E-state index contributed by atoms with van der Waals surface area (Å²) in [5.41, 5.74) is 0. The second-order valence-electron chi connectivity index (χ2n) is 17.5. The molecule has 0 aromatic heterocycles. The molecule has 0 nitrogen and oxygen atoms in total. The third-order valence-electron chi connectivity index (χ3n) is 12.3. The van der Waals surface area contributed by atoms with Crippen LogP contribution in [0.25, 0.3) is 0 Å². The van der Waals surface area contributed by atoms with Crippen molar-refractivity contribution < 1.29 is 0 Å². The third-order valence-corrected chi connectivity index (χ3v) is 12.3. The van der Waals surface area contributed by atoms with Gasteiger partial charge in [0.05, 0.1) is 0 Å². The van der Waals surface area contributed by atoms with Crippen molar-refractivity contribution in [3.63, 3.8) is 0 Å². The highest BCUT2D eigenvalue weighted by atomic mass is 14.2. The van der Waals surface area contributed by atoms with Gasteiger partial charge in [-0.1, -0.05) is 310 Å². The highest BCUT2D eigenvalue weighted by Gasteiger charge is 2.11. The van der Waals surface area contributed by atoms with Gasteiger partial charge in [-0.25, -0.2) is 0 Å². The third kappa shape index (κ3) is 40.8. The second-order valence-corrected chi connectivity index (χ2v) is 17.5. The average Bonchev–Trinajstić information content (AvgIpc) is 3.13. The quantitative estimate of drug-likeness (QED) is 0.0554. The Hall–Kier alpha value is 0. The molecule has 0 radical (unpaired) electrons. The molecule has 0 atom stereocenters. The molecule has 0 saturated carbocycles. The molecule has 0 saturated heterocycles. The van der Waals surface area contributed by atoms with Gasteiger partial charge in [0.25, 0.3) is 0 Å². The van der Waals surface area contributed by atoms with E-state index in [0.29, 0.717) is 0 Å². The summed E-state index contributed by atoms with van der Waals surface area (Å²) in [6.45, 7) is 9.34. The molecule has 302 valence electrons. The molecular weight excluding hydrogens is 601 g/mol. The Morgan fingerprint density at radius 1 is 0.160 bits per heavy atom. The highest BCUT2D eigenvalue weighted by Crippen LogP contribution is 2.27. The lowest BCUT2D eigenvalue weighted by atomic mass is 9.88. The topological polar surface area (TPSA) is 0 Å². The fraction of sp³-hybridized carbons (Fsp3) is 1.00. The van der Waals surface area contributed by atoms with E-state index in [1.165, 1.54) is 283 Å². The SMILES string of the molecule is CCCCCCCCCCC(CCCCCCCCCC)CCCCCCCCC(CCCCCCCCCC)CCCCCCCCCC. The zero-order valence-corrected chi connectivity index (χ0v) is 36.3. The Balaban J connectivity index is 4.27. The van der Waals surface area contributed by atoms with Crippen molar-refractivity contribution in [1.82, 2.24) is 0 Å². The van der Waals surface area contributed by atoms with E-state index in [0.717, 1.165) is 11.8 Å². The smallest absolute Gasteiger partial charge is 0.0414 e. The summed E-state index contributed by atoms with van der Waals surface area (Å²) >= 11 is 0. The van der Waals surface area contributed by atoms with Gasteiger partial charge in [0.1, 0.15) is 0 Å². The van der Waals surface area contributed by atoms with Crippen molar-refractivity contribution in [2.24, 2.45) is 11.8 Å². The van der Waals surface area contributed by atoms with Crippen LogP contribution in [0.2, 0.25) is 0 Å². The fourth-order valence-electron chi connectivity index (χ4n) is 8.71. The number of hydrogen-bond acceptors (Lipinski definition) is 0. The molecule has 0 unspecified atom stereocenters. The summed E-state index contributed by atoms with van der Waals surface area (Å²) in [7, 11) is 0. The maximum Gasteiger partial charge on any atom is -0.0414 e. The first-order valence-electron chi connectivity index (χ1n) is 24.8. The minimum Gasteiger partial charge on any atom is -0.0654 e. The first kappa shape index (κ1) is 50.0. The van der Waals surface area contributed by atoms with Crippen molar-refractivity contribution in [3.05, 3.63) is 0 Å². The van der Waals surface area contributed by atoms with Crippen LogP contribution in [-0.2, 0) is 0 Å². The summed E-state index contributed by atoms with van der Waals surface area (Å²) in [5.74, 6) is 2.06. The molecule has 0 aromatic rings. The maximum absolute atomic E-state index is 2.33. The maximum atomic E-state index is 2.33. The van der Waals surface area contributed by atoms with E-state index < -0.39 is 0 Å². The molecule has 0 heteroatoms. The highest BCUT2D eigenvalue weighted by molar-refractivity contribution is 4.64. The van der Waals surface area contributed by atoms with Crippen LogP contribution in [0.5, 0.6) is 0 Å². The van der Waals surface area contributed by atoms with Crippen LogP contribution < -0.4 is 0 Å². The Bertz CT molecular complexity index is 474. The van der Waals surface area contributed by atoms with Crippen molar-refractivity contribution >= 4 is 0 Å². The fourth-order valence-corrected chi connectivity index (χ4v) is 8.71. The largest absolute Gasteiger partial charge is 0.0654 e. The standard InChI is InChI=1S/C50H102/c1-5-9-13-17-21-25-31-37-43-49(44-38-32-26-22-18-14-10-6-2)47-41-35-29-30-36-42-48-50(45-39-33-27-23-19-15-11-7-3)46-40-34-28-24-20-16-12-8-4/h49-50H,5-48H2,1-4H3. The molecule has 0 aliphatic rings. The van der Waals surface area contributed by atoms with E-state index in [1.54, 1.807) is 0 Å². The predicted molar refractivity (Wildman–Crippen MR) is 233 cm³/mol. The molecule has 0 rings (SSSR count). The normalized spacial score (nSPS) is 11.9. The zero-order chi connectivity index (χ0) is 36.3. The molecule has 0 aliphatic carbocycles. The van der Waals surface area contributed by atoms with Gasteiger partial charge in [-0.05, 0) is 11.8 Å². The molecule has 0 amide bonds. The lowest BCUT2D eigenvalue weighted by molar-refractivity contribution is 0.358. The number of unbranched alkanes of at least 4 members (excludes halogenated alkanes) is 33. The van der Waals surface area contributed by atoms with E-state index in [2.05, 4.69) is 27.7 Å². The van der Waals surface area contributed by atoms with Gasteiger partial charge < -0.3 is 0 Å². The number of rotatable bonds is 45. The zero-order valence-electron chi connectivity index (χ0n) is 36.3. The molecule has 0 heterocycles. The molecule has 0 aliphatic heterocycles. The molecule has 0 N–H and O–H groups in total. The van der Waals surface area contributed by atoms with Crippen LogP contribution in [0.1, 0.15) is 310 Å². The van der Waals surface area contributed by atoms with E-state index >= 15 is 0 Å². The Morgan fingerprint density at radius 3 is 0.420 bits per heavy atom. The second kappa shape index (κ2) is 45.2. The van der Waals surface area contributed by atoms with E-state index in [4.69, 9.17) is 0 Å². The average molecular weight is 703 g/mol. The first-order valence-corrected chi connectivity index (χ1v) is 24.8. The molecular formula is C50H102. The van der Waals surface area contributed by atoms with Crippen molar-refractivity contribution in [1.29, 1.82) is 0 Å². The predicted octanol–water partition coefficient (Wildman–Crippen LogP) is 19.5. The minimum atomic E-state index is 1.03. The van der Waals surface area contributed by atoms with Crippen LogP contribution in [0.15, 0.2) is 0 Å². The minimum absolute atomic E-state index is 1.03. The van der Waals surface area contributed by atoms with Gasteiger partial charge in [-0.3, -0.25) is 0 Å². The number of hydrogen-bond donors (Lipinski definition) is 0. The van der Waals surface area contributed by atoms with Gasteiger partial charge in [0.2, 0.25) is 0 Å². The molecule has 0 bridgehead atoms. The molecule has 0 fully saturated rings. The molecule has 0 aromatic carbocycles. The summed E-state index contributed by atoms with van der Waals surface area (Å²) in [4.78, 5) is 0. The van der Waals surface area contributed by atoms with Gasteiger partial charge in [-0.2, -0.15) is 0 Å². The first-order chi connectivity index (χ1) is 24.8. The van der Waals surface area contributed by atoms with Gasteiger partial charge in [0.15, 0.2) is 0 Å². The van der Waals surface area contributed by atoms with Crippen molar-refractivity contribution in [3.8, 4) is 0 Å². The van der Waals surface area contributed by atoms with Crippen LogP contribution >= 0.6 is 0 Å². The lowest BCUT2D eigenvalue weighted by Gasteiger charge is -2.18. The summed E-state index contributed by atoms with van der Waals surface area (Å²) in [5, 5.41) is 0. The summed E-state index contributed by atoms with van der Waals surface area (Å²) in [6.07, 6.45) is 65.3. The van der Waals surface area contributed by atoms with Crippen LogP contribution in [0.4, 0.5) is 0 Å². The summed E-state index contributed by atoms with van der Waals surface area (Å²) in [6, 6.07) is 0. The van der Waals surface area contributed by atoms with E-state index in [1.807, 2.05) is 0 Å². The lowest BCUT2D eigenvalue weighted by Crippen LogP contribution is -2.02. The van der Waals surface area contributed by atoms with Gasteiger partial charge in [-0.15, -0.1) is 0 Å². The van der Waals surface area contributed by atoms with Crippen molar-refractivity contribution in [2.75, 3.05) is 0 Å². The summed E-state index contributed by atoms with van der Waals surface area (Å²) < 4.78 is 0. The monoisotopic (exact) mass is 703 g/mol. The van der Waals surface area contributed by atoms with Crippen LogP contribution in [0, 0.1) is 11.8 Å². The van der Waals surface area contributed by atoms with E-state index in [-0.39, 0.29) is 0 Å². The van der Waals surface area contributed by atoms with Crippen LogP contribution in [0.3, 0.4) is 0 Å². The van der Waals surface area contributed by atoms with Gasteiger partial charge >= 0.3 is 0 Å². The molecule has 50 heavy (non-hydrogen) atoms. The Kier molecular flexibility index (Phi) is 45.2. The van der Waals surface area contributed by atoms with Crippen LogP contribution in [-0.4, -0.2) is 0 Å². The van der Waals surface area contributed by atoms with Gasteiger partial charge in [0, 0.05) is 0 Å². The molecule has 0 spiro atoms. The Morgan fingerprint density at radius 2 is 0.280 bits per heavy atom.